The lowest BCUT2D eigenvalue weighted by Crippen LogP contribution is -1.96. The second-order valence-electron chi connectivity index (χ2n) is 3.96. The largest absolute Gasteiger partial charge is 0.368 e. The van der Waals surface area contributed by atoms with Gasteiger partial charge >= 0.3 is 0 Å². The summed E-state index contributed by atoms with van der Waals surface area (Å²) in [4.78, 5) is 8.36. The molecule has 0 aliphatic carbocycles. The fraction of sp³-hybridized carbons (Fsp3) is 0. The van der Waals surface area contributed by atoms with Gasteiger partial charge in [-0.1, -0.05) is 12.1 Å². The van der Waals surface area contributed by atoms with Crippen LogP contribution in [-0.4, -0.2) is 20.9 Å². The Labute approximate surface area is 118 Å². The van der Waals surface area contributed by atoms with Gasteiger partial charge in [0.25, 0.3) is 0 Å². The SMILES string of the molecule is Nc1nc(-c2nccs2)cn1/N=C\c1ccc(F)cc1. The van der Waals surface area contributed by atoms with Gasteiger partial charge in [0.15, 0.2) is 0 Å². The number of thiazole rings is 1. The van der Waals surface area contributed by atoms with Crippen molar-refractivity contribution in [3.8, 4) is 10.7 Å². The Morgan fingerprint density at radius 2 is 2.10 bits per heavy atom. The van der Waals surface area contributed by atoms with E-state index in [9.17, 15) is 4.39 Å². The first-order valence-electron chi connectivity index (χ1n) is 5.77. The van der Waals surface area contributed by atoms with Gasteiger partial charge in [-0.15, -0.1) is 11.3 Å². The van der Waals surface area contributed by atoms with Crippen LogP contribution in [0.15, 0.2) is 47.1 Å². The average Bonchev–Trinajstić information content (AvgIpc) is 3.08. The van der Waals surface area contributed by atoms with E-state index in [1.54, 1.807) is 30.7 Å². The van der Waals surface area contributed by atoms with Crippen LogP contribution in [0.2, 0.25) is 0 Å². The summed E-state index contributed by atoms with van der Waals surface area (Å²) in [6.07, 6.45) is 4.99. The number of benzene rings is 1. The van der Waals surface area contributed by atoms with Crippen molar-refractivity contribution >= 4 is 23.5 Å². The van der Waals surface area contributed by atoms with E-state index in [4.69, 9.17) is 5.73 Å². The van der Waals surface area contributed by atoms with Gasteiger partial charge in [-0.2, -0.15) is 5.10 Å². The Kier molecular flexibility index (Phi) is 3.26. The lowest BCUT2D eigenvalue weighted by atomic mass is 10.2. The summed E-state index contributed by atoms with van der Waals surface area (Å²) in [5.74, 6) is -0.0103. The van der Waals surface area contributed by atoms with Gasteiger partial charge < -0.3 is 5.73 Å². The molecule has 2 aromatic heterocycles. The van der Waals surface area contributed by atoms with Gasteiger partial charge in [0.2, 0.25) is 5.95 Å². The van der Waals surface area contributed by atoms with Crippen molar-refractivity contribution in [2.75, 3.05) is 5.73 Å². The third kappa shape index (κ3) is 2.57. The van der Waals surface area contributed by atoms with Gasteiger partial charge in [0.05, 0.1) is 12.4 Å². The summed E-state index contributed by atoms with van der Waals surface area (Å²) in [6, 6.07) is 6.01. The van der Waals surface area contributed by atoms with Crippen molar-refractivity contribution < 1.29 is 4.39 Å². The van der Waals surface area contributed by atoms with Crippen molar-refractivity contribution in [3.05, 3.63) is 53.4 Å². The van der Waals surface area contributed by atoms with E-state index in [2.05, 4.69) is 15.1 Å². The lowest BCUT2D eigenvalue weighted by molar-refractivity contribution is 0.628. The minimum atomic E-state index is -0.282. The minimum absolute atomic E-state index is 0.272. The van der Waals surface area contributed by atoms with Crippen LogP contribution in [0.4, 0.5) is 10.3 Å². The highest BCUT2D eigenvalue weighted by Gasteiger charge is 2.08. The molecule has 3 rings (SSSR count). The Bertz CT molecular complexity index is 731. The predicted molar refractivity (Wildman–Crippen MR) is 77.1 cm³/mol. The van der Waals surface area contributed by atoms with Crippen molar-refractivity contribution in [1.82, 2.24) is 14.6 Å². The molecule has 0 saturated carbocycles. The van der Waals surface area contributed by atoms with Gasteiger partial charge in [-0.25, -0.2) is 19.0 Å². The zero-order chi connectivity index (χ0) is 13.9. The Morgan fingerprint density at radius 3 is 2.80 bits per heavy atom. The molecule has 0 fully saturated rings. The number of aromatic nitrogens is 3. The van der Waals surface area contributed by atoms with E-state index in [1.165, 1.54) is 28.1 Å². The van der Waals surface area contributed by atoms with E-state index >= 15 is 0 Å². The van der Waals surface area contributed by atoms with E-state index < -0.39 is 0 Å². The van der Waals surface area contributed by atoms with Crippen LogP contribution in [-0.2, 0) is 0 Å². The van der Waals surface area contributed by atoms with Crippen molar-refractivity contribution in [3.63, 3.8) is 0 Å². The summed E-state index contributed by atoms with van der Waals surface area (Å²) in [7, 11) is 0. The number of anilines is 1. The third-order valence-corrected chi connectivity index (χ3v) is 3.36. The molecule has 5 nitrogen and oxygen atoms in total. The van der Waals surface area contributed by atoms with E-state index in [0.29, 0.717) is 5.69 Å². The van der Waals surface area contributed by atoms with Crippen LogP contribution < -0.4 is 5.73 Å². The lowest BCUT2D eigenvalue weighted by Gasteiger charge is -1.95. The molecule has 7 heteroatoms. The summed E-state index contributed by atoms with van der Waals surface area (Å²) in [5.41, 5.74) is 7.24. The Hall–Kier alpha value is -2.54. The number of nitrogens with two attached hydrogens (primary N) is 1. The molecule has 0 atom stereocenters. The molecule has 0 saturated heterocycles. The van der Waals surface area contributed by atoms with Gasteiger partial charge in [-0.3, -0.25) is 0 Å². The summed E-state index contributed by atoms with van der Waals surface area (Å²) in [6.45, 7) is 0. The zero-order valence-corrected chi connectivity index (χ0v) is 11.1. The minimum Gasteiger partial charge on any atom is -0.368 e. The van der Waals surface area contributed by atoms with Crippen LogP contribution >= 0.6 is 11.3 Å². The first-order valence-corrected chi connectivity index (χ1v) is 6.65. The molecule has 0 aliphatic rings. The van der Waals surface area contributed by atoms with Crippen molar-refractivity contribution in [2.24, 2.45) is 5.10 Å². The number of hydrogen-bond acceptors (Lipinski definition) is 5. The first kappa shape index (κ1) is 12.5. The summed E-state index contributed by atoms with van der Waals surface area (Å²) < 4.78 is 14.2. The molecule has 1 aromatic carbocycles. The Morgan fingerprint density at radius 1 is 1.30 bits per heavy atom. The summed E-state index contributed by atoms with van der Waals surface area (Å²) in [5, 5.41) is 6.85. The summed E-state index contributed by atoms with van der Waals surface area (Å²) >= 11 is 1.48. The molecule has 0 aliphatic heterocycles. The molecule has 2 N–H and O–H groups in total. The topological polar surface area (TPSA) is 69.1 Å². The van der Waals surface area contributed by atoms with E-state index in [-0.39, 0.29) is 11.8 Å². The van der Waals surface area contributed by atoms with Gasteiger partial charge in [0, 0.05) is 11.6 Å². The highest BCUT2D eigenvalue weighted by atomic mass is 32.1. The molecule has 0 spiro atoms. The van der Waals surface area contributed by atoms with Crippen LogP contribution in [0.5, 0.6) is 0 Å². The van der Waals surface area contributed by atoms with Crippen molar-refractivity contribution in [1.29, 1.82) is 0 Å². The molecular formula is C13H10FN5S. The van der Waals surface area contributed by atoms with E-state index in [0.717, 1.165) is 10.6 Å². The number of nitrogens with zero attached hydrogens (tertiary/aromatic N) is 4. The molecule has 100 valence electrons. The van der Waals surface area contributed by atoms with Crippen LogP contribution in [0, 0.1) is 5.82 Å². The molecule has 3 aromatic rings. The van der Waals surface area contributed by atoms with Gasteiger partial charge in [-0.05, 0) is 17.7 Å². The molecule has 0 bridgehead atoms. The third-order valence-electron chi connectivity index (χ3n) is 2.57. The van der Waals surface area contributed by atoms with Crippen LogP contribution in [0.25, 0.3) is 10.7 Å². The fourth-order valence-electron chi connectivity index (χ4n) is 1.61. The quantitative estimate of drug-likeness (QED) is 0.753. The zero-order valence-electron chi connectivity index (χ0n) is 10.3. The Balaban J connectivity index is 1.86. The molecular weight excluding hydrogens is 277 g/mol. The first-order chi connectivity index (χ1) is 9.72. The fourth-order valence-corrected chi connectivity index (χ4v) is 2.20. The maximum atomic E-state index is 12.8. The maximum Gasteiger partial charge on any atom is 0.221 e. The predicted octanol–water partition coefficient (Wildman–Crippen LogP) is 2.61. The van der Waals surface area contributed by atoms with Gasteiger partial charge in [0.1, 0.15) is 16.5 Å². The number of hydrogen-bond donors (Lipinski definition) is 1. The van der Waals surface area contributed by atoms with E-state index in [1.807, 2.05) is 5.38 Å². The molecule has 0 amide bonds. The van der Waals surface area contributed by atoms with Crippen molar-refractivity contribution in [2.45, 2.75) is 0 Å². The molecule has 20 heavy (non-hydrogen) atoms. The second-order valence-corrected chi connectivity index (χ2v) is 4.86. The smallest absolute Gasteiger partial charge is 0.221 e. The number of imidazole rings is 1. The number of rotatable bonds is 3. The van der Waals surface area contributed by atoms with Crippen LogP contribution in [0.3, 0.4) is 0 Å². The molecule has 2 heterocycles. The molecule has 0 unspecified atom stereocenters. The monoisotopic (exact) mass is 287 g/mol. The highest BCUT2D eigenvalue weighted by Crippen LogP contribution is 2.21. The normalized spacial score (nSPS) is 11.2. The van der Waals surface area contributed by atoms with Crippen LogP contribution in [0.1, 0.15) is 5.56 Å². The highest BCUT2D eigenvalue weighted by molar-refractivity contribution is 7.13. The molecule has 0 radical (unpaired) electrons. The number of halogens is 1. The average molecular weight is 287 g/mol. The maximum absolute atomic E-state index is 12.8. The second kappa shape index (κ2) is 5.22. The number of nitrogen functional groups attached to an aromatic ring is 1. The standard InChI is InChI=1S/C13H10FN5S/c14-10-3-1-9(2-4-10)7-17-19-8-11(18-13(19)15)12-16-5-6-20-12/h1-8H,(H2,15,18)/b17-7-.